The summed E-state index contributed by atoms with van der Waals surface area (Å²) >= 11 is 5.74. The number of carbonyl (C=O) groups is 2. The van der Waals surface area contributed by atoms with E-state index in [1.54, 1.807) is 7.11 Å². The van der Waals surface area contributed by atoms with Crippen LogP contribution >= 0.6 is 11.6 Å². The Bertz CT molecular complexity index is 510. The Balaban J connectivity index is 2.54. The number of nitrogen functional groups attached to an aromatic ring is 1. The van der Waals surface area contributed by atoms with E-state index >= 15 is 0 Å². The number of halogens is 1. The molecule has 0 aliphatic carbocycles. The zero-order chi connectivity index (χ0) is 15.8. The number of hydrogen-bond acceptors (Lipinski definition) is 5. The van der Waals surface area contributed by atoms with Crippen molar-refractivity contribution in [2.75, 3.05) is 39.6 Å². The van der Waals surface area contributed by atoms with Crippen molar-refractivity contribution in [3.63, 3.8) is 0 Å². The van der Waals surface area contributed by atoms with E-state index in [9.17, 15) is 9.59 Å². The quantitative estimate of drug-likeness (QED) is 0.565. The molecule has 1 rings (SSSR count). The molecule has 0 radical (unpaired) electrons. The molecule has 0 saturated carbocycles. The minimum absolute atomic E-state index is 0.0643. The van der Waals surface area contributed by atoms with Crippen molar-refractivity contribution in [2.45, 2.75) is 6.42 Å². The lowest BCUT2D eigenvalue weighted by Gasteiger charge is -2.17. The van der Waals surface area contributed by atoms with E-state index in [0.29, 0.717) is 19.6 Å². The number of carbonyl (C=O) groups excluding carboxylic acids is 2. The van der Waals surface area contributed by atoms with Gasteiger partial charge in [0.1, 0.15) is 5.15 Å². The normalized spacial score (nSPS) is 10.2. The first kappa shape index (κ1) is 17.2. The van der Waals surface area contributed by atoms with Crippen molar-refractivity contribution in [3.8, 4) is 0 Å². The van der Waals surface area contributed by atoms with Crippen LogP contribution in [0.5, 0.6) is 0 Å². The Morgan fingerprint density at radius 1 is 1.52 bits per heavy atom. The molecule has 0 aliphatic heterocycles. The smallest absolute Gasteiger partial charge is 0.256 e. The van der Waals surface area contributed by atoms with E-state index in [-0.39, 0.29) is 34.8 Å². The van der Waals surface area contributed by atoms with Crippen LogP contribution in [0.25, 0.3) is 0 Å². The molecule has 0 saturated heterocycles. The molecule has 8 heteroatoms. The molecule has 0 unspecified atom stereocenters. The molecule has 1 heterocycles. The van der Waals surface area contributed by atoms with Gasteiger partial charge in [-0.05, 0) is 12.5 Å². The minimum atomic E-state index is -0.385. The van der Waals surface area contributed by atoms with Gasteiger partial charge < -0.3 is 20.7 Å². The third-order valence-electron chi connectivity index (χ3n) is 2.71. The van der Waals surface area contributed by atoms with E-state index in [1.807, 2.05) is 0 Å². The predicted octanol–water partition coefficient (Wildman–Crippen LogP) is 0.542. The van der Waals surface area contributed by atoms with Crippen molar-refractivity contribution in [3.05, 3.63) is 23.0 Å². The molecule has 21 heavy (non-hydrogen) atoms. The molecule has 1 aromatic heterocycles. The topological polar surface area (TPSA) is 97.5 Å². The Hall–Kier alpha value is -1.86. The second-order valence-corrected chi connectivity index (χ2v) is 4.84. The number of nitrogens with two attached hydrogens (primary N) is 1. The summed E-state index contributed by atoms with van der Waals surface area (Å²) in [5, 5.41) is 2.87. The summed E-state index contributed by atoms with van der Waals surface area (Å²) in [6, 6.07) is 1.38. The highest BCUT2D eigenvalue weighted by molar-refractivity contribution is 6.29. The Kier molecular flexibility index (Phi) is 6.90. The van der Waals surface area contributed by atoms with Crippen LogP contribution < -0.4 is 11.1 Å². The van der Waals surface area contributed by atoms with Gasteiger partial charge >= 0.3 is 0 Å². The maximum absolute atomic E-state index is 12.2. The Labute approximate surface area is 128 Å². The molecule has 2 amide bonds. The number of rotatable bonds is 7. The minimum Gasteiger partial charge on any atom is -0.397 e. The van der Waals surface area contributed by atoms with Gasteiger partial charge in [-0.1, -0.05) is 11.6 Å². The summed E-state index contributed by atoms with van der Waals surface area (Å²) in [5.74, 6) is -0.635. The lowest BCUT2D eigenvalue weighted by Crippen LogP contribution is -2.39. The monoisotopic (exact) mass is 314 g/mol. The molecular formula is C13H19ClN4O3. The predicted molar refractivity (Wildman–Crippen MR) is 80.1 cm³/mol. The molecule has 1 aromatic rings. The summed E-state index contributed by atoms with van der Waals surface area (Å²) < 4.78 is 4.88. The van der Waals surface area contributed by atoms with Crippen molar-refractivity contribution in [1.29, 1.82) is 0 Å². The number of methoxy groups -OCH3 is 1. The molecule has 0 atom stereocenters. The maximum Gasteiger partial charge on any atom is 0.256 e. The number of aromatic nitrogens is 1. The Morgan fingerprint density at radius 3 is 2.90 bits per heavy atom. The van der Waals surface area contributed by atoms with E-state index in [4.69, 9.17) is 22.1 Å². The number of amides is 2. The van der Waals surface area contributed by atoms with Crippen LogP contribution in [-0.2, 0) is 9.53 Å². The Morgan fingerprint density at radius 2 is 2.24 bits per heavy atom. The summed E-state index contributed by atoms with van der Waals surface area (Å²) in [5.41, 5.74) is 6.14. The van der Waals surface area contributed by atoms with Crippen LogP contribution in [0.3, 0.4) is 0 Å². The van der Waals surface area contributed by atoms with E-state index in [1.165, 1.54) is 24.2 Å². The second-order valence-electron chi connectivity index (χ2n) is 4.45. The lowest BCUT2D eigenvalue weighted by atomic mass is 10.2. The van der Waals surface area contributed by atoms with Gasteiger partial charge in [-0.3, -0.25) is 9.59 Å². The average Bonchev–Trinajstić information content (AvgIpc) is 2.45. The van der Waals surface area contributed by atoms with Gasteiger partial charge in [-0.2, -0.15) is 0 Å². The van der Waals surface area contributed by atoms with Crippen LogP contribution in [0.2, 0.25) is 5.15 Å². The number of ether oxygens (including phenoxy) is 1. The third-order valence-corrected chi connectivity index (χ3v) is 2.91. The first-order chi connectivity index (χ1) is 9.95. The number of nitrogens with zero attached hydrogens (tertiary/aromatic N) is 2. The highest BCUT2D eigenvalue weighted by Crippen LogP contribution is 2.16. The third kappa shape index (κ3) is 5.57. The molecule has 0 aromatic carbocycles. The first-order valence-corrected chi connectivity index (χ1v) is 6.75. The number of likely N-dealkylation sites (N-methyl/N-ethyl adjacent to an activating group) is 1. The van der Waals surface area contributed by atoms with Crippen LogP contribution in [-0.4, -0.2) is 55.6 Å². The van der Waals surface area contributed by atoms with Gasteiger partial charge in [-0.25, -0.2) is 4.98 Å². The van der Waals surface area contributed by atoms with E-state index < -0.39 is 0 Å². The van der Waals surface area contributed by atoms with Crippen molar-refractivity contribution >= 4 is 29.1 Å². The zero-order valence-electron chi connectivity index (χ0n) is 12.1. The van der Waals surface area contributed by atoms with Crippen LogP contribution in [0.4, 0.5) is 5.69 Å². The largest absolute Gasteiger partial charge is 0.397 e. The van der Waals surface area contributed by atoms with Crippen LogP contribution in [0.15, 0.2) is 12.3 Å². The lowest BCUT2D eigenvalue weighted by molar-refractivity contribution is -0.121. The fourth-order valence-corrected chi connectivity index (χ4v) is 1.78. The molecule has 0 aliphatic rings. The van der Waals surface area contributed by atoms with Gasteiger partial charge in [0, 0.05) is 27.3 Å². The molecule has 116 valence electrons. The highest BCUT2D eigenvalue weighted by Gasteiger charge is 2.17. The second kappa shape index (κ2) is 8.43. The molecule has 0 bridgehead atoms. The number of anilines is 1. The van der Waals surface area contributed by atoms with Crippen molar-refractivity contribution in [2.24, 2.45) is 0 Å². The fourth-order valence-electron chi connectivity index (χ4n) is 1.62. The average molecular weight is 315 g/mol. The number of hydrogen-bond donors (Lipinski definition) is 2. The SMILES string of the molecule is COCCCNC(=O)CN(C)C(=O)c1cc(Cl)ncc1N. The maximum atomic E-state index is 12.2. The first-order valence-electron chi connectivity index (χ1n) is 6.37. The van der Waals surface area contributed by atoms with E-state index in [2.05, 4.69) is 10.3 Å². The summed E-state index contributed by atoms with van der Waals surface area (Å²) in [6.45, 7) is 1.00. The zero-order valence-corrected chi connectivity index (χ0v) is 12.8. The molecule has 7 nitrogen and oxygen atoms in total. The van der Waals surface area contributed by atoms with Gasteiger partial charge in [0.25, 0.3) is 5.91 Å². The summed E-state index contributed by atoms with van der Waals surface area (Å²) in [6.07, 6.45) is 2.03. The molecule has 0 spiro atoms. The van der Waals surface area contributed by atoms with E-state index in [0.717, 1.165) is 0 Å². The summed E-state index contributed by atoms with van der Waals surface area (Å²) in [4.78, 5) is 28.9. The molecule has 3 N–H and O–H groups in total. The van der Waals surface area contributed by atoms with Crippen molar-refractivity contribution in [1.82, 2.24) is 15.2 Å². The fraction of sp³-hybridized carbons (Fsp3) is 0.462. The number of pyridine rings is 1. The van der Waals surface area contributed by atoms with Gasteiger partial charge in [0.2, 0.25) is 5.91 Å². The molecule has 0 fully saturated rings. The van der Waals surface area contributed by atoms with Gasteiger partial charge in [-0.15, -0.1) is 0 Å². The van der Waals surface area contributed by atoms with Gasteiger partial charge in [0.15, 0.2) is 0 Å². The molecular weight excluding hydrogens is 296 g/mol. The van der Waals surface area contributed by atoms with Crippen LogP contribution in [0.1, 0.15) is 16.8 Å². The van der Waals surface area contributed by atoms with Crippen molar-refractivity contribution < 1.29 is 14.3 Å². The number of nitrogens with one attached hydrogen (secondary N) is 1. The van der Waals surface area contributed by atoms with Gasteiger partial charge in [0.05, 0.1) is 24.0 Å². The standard InChI is InChI=1S/C13H19ClN4O3/c1-18(8-12(19)16-4-3-5-21-2)13(20)9-6-11(14)17-7-10(9)15/h6-7H,3-5,8,15H2,1-2H3,(H,16,19). The summed E-state index contributed by atoms with van der Waals surface area (Å²) in [7, 11) is 3.11. The highest BCUT2D eigenvalue weighted by atomic mass is 35.5. The van der Waals surface area contributed by atoms with Crippen LogP contribution in [0, 0.1) is 0 Å².